The molecule has 6 rings (SSSR count). The van der Waals surface area contributed by atoms with Crippen molar-refractivity contribution in [1.29, 1.82) is 0 Å². The van der Waals surface area contributed by atoms with Crippen molar-refractivity contribution in [3.8, 4) is 11.5 Å². The smallest absolute Gasteiger partial charge is 0.231 e. The molecular weight excluding hydrogens is 386 g/mol. The molecule has 2 bridgehead atoms. The van der Waals surface area contributed by atoms with Crippen molar-refractivity contribution >= 4 is 5.91 Å². The SMILES string of the molecule is COCc1cn(C[C@H]2C[C@H]3CC[NH+]2C[C@@H]3C(=O)NCc2ccc3c(c2)OCO3)nn1. The lowest BCUT2D eigenvalue weighted by atomic mass is 9.75. The largest absolute Gasteiger partial charge is 0.454 e. The Morgan fingerprint density at radius 2 is 2.27 bits per heavy atom. The maximum absolute atomic E-state index is 12.9. The molecule has 1 aromatic heterocycles. The first kappa shape index (κ1) is 19.3. The highest BCUT2D eigenvalue weighted by Gasteiger charge is 2.46. The van der Waals surface area contributed by atoms with E-state index in [1.807, 2.05) is 29.1 Å². The molecule has 30 heavy (non-hydrogen) atoms. The summed E-state index contributed by atoms with van der Waals surface area (Å²) in [5.41, 5.74) is 1.88. The van der Waals surface area contributed by atoms with Crippen LogP contribution in [-0.2, 0) is 29.2 Å². The van der Waals surface area contributed by atoms with Gasteiger partial charge in [0.25, 0.3) is 0 Å². The Balaban J connectivity index is 1.16. The van der Waals surface area contributed by atoms with Gasteiger partial charge in [0.15, 0.2) is 11.5 Å². The predicted octanol–water partition coefficient (Wildman–Crippen LogP) is -0.237. The number of fused-ring (bicyclic) bond motifs is 4. The van der Waals surface area contributed by atoms with Crippen LogP contribution in [0.3, 0.4) is 0 Å². The summed E-state index contributed by atoms with van der Waals surface area (Å²) >= 11 is 0. The minimum absolute atomic E-state index is 0.0822. The molecule has 3 saturated heterocycles. The van der Waals surface area contributed by atoms with E-state index >= 15 is 0 Å². The molecule has 0 saturated carbocycles. The number of benzene rings is 1. The lowest BCUT2D eigenvalue weighted by molar-refractivity contribution is -0.945. The highest BCUT2D eigenvalue weighted by atomic mass is 16.7. The van der Waals surface area contributed by atoms with Crippen molar-refractivity contribution in [3.05, 3.63) is 35.7 Å². The van der Waals surface area contributed by atoms with Gasteiger partial charge in [-0.1, -0.05) is 11.3 Å². The van der Waals surface area contributed by atoms with Crippen molar-refractivity contribution in [1.82, 2.24) is 20.3 Å². The summed E-state index contributed by atoms with van der Waals surface area (Å²) in [5.74, 6) is 2.19. The predicted molar refractivity (Wildman–Crippen MR) is 106 cm³/mol. The van der Waals surface area contributed by atoms with Gasteiger partial charge >= 0.3 is 0 Å². The Kier molecular flexibility index (Phi) is 5.30. The minimum atomic E-state index is 0.0822. The topological polar surface area (TPSA) is 91.9 Å². The number of quaternary nitrogens is 1. The number of nitrogens with zero attached hydrogens (tertiary/aromatic N) is 3. The Bertz CT molecular complexity index is 917. The second-order valence-electron chi connectivity index (χ2n) is 8.47. The number of hydrogen-bond acceptors (Lipinski definition) is 6. The maximum Gasteiger partial charge on any atom is 0.231 e. The number of hydrogen-bond donors (Lipinski definition) is 2. The number of methoxy groups -OCH3 is 1. The fourth-order valence-corrected chi connectivity index (χ4v) is 5.06. The van der Waals surface area contributed by atoms with E-state index in [0.29, 0.717) is 25.1 Å². The van der Waals surface area contributed by atoms with Gasteiger partial charge in [-0.3, -0.25) is 4.79 Å². The fraction of sp³-hybridized carbons (Fsp3) is 0.571. The molecule has 9 heteroatoms. The first-order valence-corrected chi connectivity index (χ1v) is 10.6. The van der Waals surface area contributed by atoms with Crippen LogP contribution in [-0.4, -0.2) is 53.9 Å². The molecular formula is C21H28N5O4+. The zero-order chi connectivity index (χ0) is 20.5. The van der Waals surface area contributed by atoms with E-state index in [1.54, 1.807) is 7.11 Å². The molecule has 0 radical (unpaired) electrons. The van der Waals surface area contributed by atoms with Crippen LogP contribution >= 0.6 is 0 Å². The molecule has 1 unspecified atom stereocenters. The average Bonchev–Trinajstić information content (AvgIpc) is 3.41. The fourth-order valence-electron chi connectivity index (χ4n) is 5.06. The van der Waals surface area contributed by atoms with Gasteiger partial charge in [0.1, 0.15) is 11.7 Å². The van der Waals surface area contributed by atoms with Crippen molar-refractivity contribution in [2.75, 3.05) is 27.0 Å². The summed E-state index contributed by atoms with van der Waals surface area (Å²) < 4.78 is 17.8. The zero-order valence-electron chi connectivity index (χ0n) is 17.2. The number of carbonyl (C=O) groups is 1. The molecule has 2 aromatic rings. The second kappa shape index (κ2) is 8.23. The minimum Gasteiger partial charge on any atom is -0.454 e. The van der Waals surface area contributed by atoms with Crippen LogP contribution in [0.25, 0.3) is 0 Å². The van der Waals surface area contributed by atoms with E-state index in [4.69, 9.17) is 14.2 Å². The van der Waals surface area contributed by atoms with Crippen LogP contribution < -0.4 is 19.7 Å². The van der Waals surface area contributed by atoms with Gasteiger partial charge in [0.2, 0.25) is 12.7 Å². The quantitative estimate of drug-likeness (QED) is 0.650. The summed E-state index contributed by atoms with van der Waals surface area (Å²) in [4.78, 5) is 14.4. The third kappa shape index (κ3) is 3.87. The van der Waals surface area contributed by atoms with Gasteiger partial charge in [-0.2, -0.15) is 0 Å². The van der Waals surface area contributed by atoms with E-state index < -0.39 is 0 Å². The summed E-state index contributed by atoms with van der Waals surface area (Å²) in [6.45, 7) is 4.11. The summed E-state index contributed by atoms with van der Waals surface area (Å²) in [7, 11) is 1.66. The first-order chi connectivity index (χ1) is 14.7. The molecule has 160 valence electrons. The summed E-state index contributed by atoms with van der Waals surface area (Å²) in [5, 5.41) is 11.5. The molecule has 4 aliphatic rings. The number of nitrogens with one attached hydrogen (secondary N) is 2. The molecule has 3 fully saturated rings. The maximum atomic E-state index is 12.9. The number of ether oxygens (including phenoxy) is 3. The second-order valence-corrected chi connectivity index (χ2v) is 8.47. The highest BCUT2D eigenvalue weighted by molar-refractivity contribution is 5.79. The van der Waals surface area contributed by atoms with Crippen LogP contribution in [0.5, 0.6) is 11.5 Å². The summed E-state index contributed by atoms with van der Waals surface area (Å²) in [6, 6.07) is 6.30. The van der Waals surface area contributed by atoms with E-state index in [9.17, 15) is 4.79 Å². The third-order valence-corrected chi connectivity index (χ3v) is 6.58. The molecule has 4 aliphatic heterocycles. The van der Waals surface area contributed by atoms with Gasteiger partial charge in [-0.05, 0) is 23.6 Å². The number of rotatable bonds is 7. The Morgan fingerprint density at radius 3 is 3.10 bits per heavy atom. The molecule has 1 amide bonds. The van der Waals surface area contributed by atoms with Crippen molar-refractivity contribution in [3.63, 3.8) is 0 Å². The molecule has 0 aliphatic carbocycles. The summed E-state index contributed by atoms with van der Waals surface area (Å²) in [6.07, 6.45) is 4.12. The van der Waals surface area contributed by atoms with Gasteiger partial charge in [-0.15, -0.1) is 5.10 Å². The van der Waals surface area contributed by atoms with Crippen LogP contribution in [0.4, 0.5) is 0 Å². The van der Waals surface area contributed by atoms with Crippen molar-refractivity contribution in [2.45, 2.75) is 38.6 Å². The zero-order valence-corrected chi connectivity index (χ0v) is 17.2. The molecule has 4 atom stereocenters. The molecule has 2 N–H and O–H groups in total. The van der Waals surface area contributed by atoms with E-state index in [0.717, 1.165) is 55.2 Å². The number of aromatic nitrogens is 3. The Morgan fingerprint density at radius 1 is 1.37 bits per heavy atom. The van der Waals surface area contributed by atoms with E-state index in [-0.39, 0.29) is 18.6 Å². The third-order valence-electron chi connectivity index (χ3n) is 6.58. The highest BCUT2D eigenvalue weighted by Crippen LogP contribution is 2.32. The lowest BCUT2D eigenvalue weighted by Gasteiger charge is -2.46. The number of carbonyl (C=O) groups excluding carboxylic acids is 1. The first-order valence-electron chi connectivity index (χ1n) is 10.6. The molecule has 5 heterocycles. The Hall–Kier alpha value is -2.65. The molecule has 0 spiro atoms. The van der Waals surface area contributed by atoms with Crippen LogP contribution in [0.1, 0.15) is 24.1 Å². The van der Waals surface area contributed by atoms with Gasteiger partial charge in [0.05, 0.1) is 38.4 Å². The van der Waals surface area contributed by atoms with Gasteiger partial charge in [0, 0.05) is 26.5 Å². The van der Waals surface area contributed by atoms with Gasteiger partial charge < -0.3 is 24.4 Å². The lowest BCUT2D eigenvalue weighted by Crippen LogP contribution is -3.20. The van der Waals surface area contributed by atoms with Crippen molar-refractivity contribution < 1.29 is 23.9 Å². The molecule has 1 aromatic carbocycles. The van der Waals surface area contributed by atoms with Gasteiger partial charge in [-0.25, -0.2) is 4.68 Å². The van der Waals surface area contributed by atoms with Crippen LogP contribution in [0.15, 0.2) is 24.4 Å². The number of piperidine rings is 3. The van der Waals surface area contributed by atoms with E-state index in [2.05, 4.69) is 15.6 Å². The van der Waals surface area contributed by atoms with E-state index in [1.165, 1.54) is 4.90 Å². The van der Waals surface area contributed by atoms with Crippen molar-refractivity contribution in [2.24, 2.45) is 11.8 Å². The standard InChI is InChI=1S/C21H27N5O4/c1-28-12-16-9-26(24-23-16)10-17-7-15-4-5-25(17)11-18(15)21(27)22-8-14-2-3-19-20(6-14)30-13-29-19/h2-3,6,9,15,17-18H,4-5,7-8,10-13H2,1H3,(H,22,27)/p+1/t15-,17-,18+/m1/s1. The average molecular weight is 414 g/mol. The molecule has 9 nitrogen and oxygen atoms in total. The van der Waals surface area contributed by atoms with Crippen LogP contribution in [0, 0.1) is 11.8 Å². The normalized spacial score (nSPS) is 26.7. The Labute approximate surface area is 175 Å². The number of amides is 1. The van der Waals surface area contributed by atoms with Crippen LogP contribution in [0.2, 0.25) is 0 Å². The monoisotopic (exact) mass is 414 g/mol.